The Morgan fingerprint density at radius 2 is 2.17 bits per heavy atom. The molecule has 0 radical (unpaired) electrons. The van der Waals surface area contributed by atoms with Crippen LogP contribution in [0.25, 0.3) is 0 Å². The molecule has 2 rings (SSSR count). The number of nitrogens with zero attached hydrogens (tertiary/aromatic N) is 1. The molecular weight excluding hydrogens is 300 g/mol. The van der Waals surface area contributed by atoms with Crippen LogP contribution in [0.15, 0.2) is 18.2 Å². The van der Waals surface area contributed by atoms with E-state index in [1.54, 1.807) is 25.3 Å². The van der Waals surface area contributed by atoms with E-state index in [0.717, 1.165) is 5.56 Å². The Hall–Kier alpha value is -2.57. The van der Waals surface area contributed by atoms with Crippen molar-refractivity contribution in [3.05, 3.63) is 29.3 Å². The van der Waals surface area contributed by atoms with E-state index in [2.05, 4.69) is 5.32 Å². The molecule has 7 heteroatoms. The van der Waals surface area contributed by atoms with Crippen LogP contribution in [0.2, 0.25) is 0 Å². The smallest absolute Gasteiger partial charge is 0.404 e. The van der Waals surface area contributed by atoms with Crippen molar-refractivity contribution in [1.82, 2.24) is 10.2 Å². The van der Waals surface area contributed by atoms with E-state index in [4.69, 9.17) is 9.84 Å². The number of ketones is 1. The summed E-state index contributed by atoms with van der Waals surface area (Å²) in [6, 6.07) is 4.66. The maximum atomic E-state index is 12.7. The van der Waals surface area contributed by atoms with Gasteiger partial charge in [-0.05, 0) is 37.1 Å². The molecule has 1 saturated heterocycles. The lowest BCUT2D eigenvalue weighted by molar-refractivity contribution is -0.128. The molecule has 1 fully saturated rings. The molecule has 0 saturated carbocycles. The van der Waals surface area contributed by atoms with Crippen molar-refractivity contribution >= 4 is 17.8 Å². The summed E-state index contributed by atoms with van der Waals surface area (Å²) in [6.07, 6.45) is -0.389. The van der Waals surface area contributed by atoms with Gasteiger partial charge in [0.25, 0.3) is 0 Å². The van der Waals surface area contributed by atoms with Crippen molar-refractivity contribution in [2.75, 3.05) is 20.2 Å². The largest absolute Gasteiger partial charge is 0.497 e. The zero-order valence-electron chi connectivity index (χ0n) is 13.2. The fourth-order valence-corrected chi connectivity index (χ4v) is 2.79. The van der Waals surface area contributed by atoms with Gasteiger partial charge in [-0.3, -0.25) is 9.59 Å². The average molecular weight is 320 g/mol. The molecule has 0 aliphatic carbocycles. The molecule has 0 spiro atoms. The van der Waals surface area contributed by atoms with Crippen molar-refractivity contribution in [2.45, 2.75) is 25.8 Å². The van der Waals surface area contributed by atoms with Crippen LogP contribution in [-0.4, -0.2) is 54.0 Å². The van der Waals surface area contributed by atoms with Crippen LogP contribution in [0.3, 0.4) is 0 Å². The monoisotopic (exact) mass is 320 g/mol. The zero-order valence-corrected chi connectivity index (χ0v) is 13.2. The van der Waals surface area contributed by atoms with E-state index >= 15 is 0 Å². The maximum absolute atomic E-state index is 12.7. The first-order valence-electron chi connectivity index (χ1n) is 7.39. The topological polar surface area (TPSA) is 95.9 Å². The molecule has 1 atom stereocenters. The summed E-state index contributed by atoms with van der Waals surface area (Å²) in [5.41, 5.74) is 1.35. The number of methoxy groups -OCH3 is 1. The number of carboxylic acid groups (broad SMARTS) is 1. The zero-order chi connectivity index (χ0) is 17.0. The first kappa shape index (κ1) is 16.8. The first-order chi connectivity index (χ1) is 10.9. The minimum absolute atomic E-state index is 0.104. The highest BCUT2D eigenvalue weighted by atomic mass is 16.5. The van der Waals surface area contributed by atoms with Crippen molar-refractivity contribution in [2.24, 2.45) is 0 Å². The van der Waals surface area contributed by atoms with Crippen LogP contribution in [0.1, 0.15) is 28.8 Å². The van der Waals surface area contributed by atoms with Crippen LogP contribution in [0.5, 0.6) is 5.75 Å². The molecular formula is C16H20N2O5. The molecule has 0 bridgehead atoms. The molecule has 7 nitrogen and oxygen atoms in total. The van der Waals surface area contributed by atoms with E-state index in [1.807, 2.05) is 6.92 Å². The fourth-order valence-electron chi connectivity index (χ4n) is 2.79. The number of carbonyl (C=O) groups excluding carboxylic acids is 2. The minimum atomic E-state index is -1.15. The lowest BCUT2D eigenvalue weighted by atomic mass is 9.98. The van der Waals surface area contributed by atoms with Gasteiger partial charge < -0.3 is 20.1 Å². The van der Waals surface area contributed by atoms with Crippen molar-refractivity contribution in [3.63, 3.8) is 0 Å². The van der Waals surface area contributed by atoms with E-state index in [-0.39, 0.29) is 24.8 Å². The summed E-state index contributed by atoms with van der Waals surface area (Å²) >= 11 is 0. The molecule has 124 valence electrons. The average Bonchev–Trinajstić information content (AvgIpc) is 2.87. The van der Waals surface area contributed by atoms with Gasteiger partial charge in [0.2, 0.25) is 5.91 Å². The molecule has 1 aromatic carbocycles. The highest BCUT2D eigenvalue weighted by Crippen LogP contribution is 2.25. The Labute approximate surface area is 134 Å². The molecule has 0 unspecified atom stereocenters. The quantitative estimate of drug-likeness (QED) is 0.773. The predicted octanol–water partition coefficient (Wildman–Crippen LogP) is 1.44. The Kier molecular flexibility index (Phi) is 5.20. The van der Waals surface area contributed by atoms with E-state index in [1.165, 1.54) is 4.90 Å². The third kappa shape index (κ3) is 3.80. The molecule has 2 amide bonds. The minimum Gasteiger partial charge on any atom is -0.497 e. The van der Waals surface area contributed by atoms with Crippen LogP contribution in [0.4, 0.5) is 4.79 Å². The number of Topliss-reactive ketones (excluding diaryl/α,β-unsaturated/α-hetero) is 1. The van der Waals surface area contributed by atoms with Gasteiger partial charge in [-0.1, -0.05) is 0 Å². The number of hydrogen-bond donors (Lipinski definition) is 2. The third-order valence-corrected chi connectivity index (χ3v) is 3.96. The van der Waals surface area contributed by atoms with Gasteiger partial charge >= 0.3 is 6.09 Å². The predicted molar refractivity (Wildman–Crippen MR) is 82.8 cm³/mol. The normalized spacial score (nSPS) is 17.2. The standard InChI is InChI=1S/C16H20N2O5/c1-10-9-11(23-2)3-4-12(10)15(20)13-5-6-14(19)18(13)8-7-17-16(21)22/h3-4,9,13,17H,5-8H2,1-2H3,(H,21,22)/t13-/m0/s1. The van der Waals surface area contributed by atoms with Crippen LogP contribution >= 0.6 is 0 Å². The number of nitrogens with one attached hydrogen (secondary N) is 1. The number of aryl methyl sites for hydroxylation is 1. The van der Waals surface area contributed by atoms with Crippen molar-refractivity contribution < 1.29 is 24.2 Å². The number of ether oxygens (including phenoxy) is 1. The van der Waals surface area contributed by atoms with E-state index in [0.29, 0.717) is 24.2 Å². The number of carbonyl (C=O) groups is 3. The third-order valence-electron chi connectivity index (χ3n) is 3.96. The Balaban J connectivity index is 2.13. The van der Waals surface area contributed by atoms with Gasteiger partial charge in [-0.2, -0.15) is 0 Å². The number of amides is 2. The lowest BCUT2D eigenvalue weighted by Crippen LogP contribution is -2.43. The number of benzene rings is 1. The molecule has 1 heterocycles. The van der Waals surface area contributed by atoms with Gasteiger partial charge in [0.1, 0.15) is 5.75 Å². The lowest BCUT2D eigenvalue weighted by Gasteiger charge is -2.24. The molecule has 0 aromatic heterocycles. The summed E-state index contributed by atoms with van der Waals surface area (Å²) in [5, 5.41) is 10.8. The molecule has 1 aliphatic heterocycles. The second-order valence-corrected chi connectivity index (χ2v) is 5.42. The molecule has 23 heavy (non-hydrogen) atoms. The maximum Gasteiger partial charge on any atom is 0.404 e. The molecule has 1 aromatic rings. The second-order valence-electron chi connectivity index (χ2n) is 5.42. The van der Waals surface area contributed by atoms with Crippen molar-refractivity contribution in [1.29, 1.82) is 0 Å². The van der Waals surface area contributed by atoms with Gasteiger partial charge in [-0.15, -0.1) is 0 Å². The summed E-state index contributed by atoms with van der Waals surface area (Å²) in [6.45, 7) is 2.12. The number of rotatable bonds is 6. The highest BCUT2D eigenvalue weighted by Gasteiger charge is 2.36. The fraction of sp³-hybridized carbons (Fsp3) is 0.438. The van der Waals surface area contributed by atoms with Crippen LogP contribution in [0, 0.1) is 6.92 Å². The van der Waals surface area contributed by atoms with Crippen LogP contribution < -0.4 is 10.1 Å². The Morgan fingerprint density at radius 1 is 1.43 bits per heavy atom. The van der Waals surface area contributed by atoms with Gasteiger partial charge in [0.15, 0.2) is 5.78 Å². The number of hydrogen-bond acceptors (Lipinski definition) is 4. The van der Waals surface area contributed by atoms with Gasteiger partial charge in [0.05, 0.1) is 13.2 Å². The number of likely N-dealkylation sites (tertiary alicyclic amines) is 1. The SMILES string of the molecule is COc1ccc(C(=O)[C@@H]2CCC(=O)N2CCNC(=O)O)c(C)c1. The van der Waals surface area contributed by atoms with E-state index in [9.17, 15) is 14.4 Å². The van der Waals surface area contributed by atoms with Gasteiger partial charge in [0, 0.05) is 25.1 Å². The van der Waals surface area contributed by atoms with E-state index < -0.39 is 12.1 Å². The van der Waals surface area contributed by atoms with Crippen molar-refractivity contribution in [3.8, 4) is 5.75 Å². The summed E-state index contributed by atoms with van der Waals surface area (Å²) < 4.78 is 5.13. The highest BCUT2D eigenvalue weighted by molar-refractivity contribution is 6.04. The Bertz CT molecular complexity index is 629. The summed E-state index contributed by atoms with van der Waals surface area (Å²) in [7, 11) is 1.56. The molecule has 1 aliphatic rings. The Morgan fingerprint density at radius 3 is 2.78 bits per heavy atom. The van der Waals surface area contributed by atoms with Crippen LogP contribution in [-0.2, 0) is 4.79 Å². The first-order valence-corrected chi connectivity index (χ1v) is 7.39. The summed E-state index contributed by atoms with van der Waals surface area (Å²) in [4.78, 5) is 36.7. The summed E-state index contributed by atoms with van der Waals surface area (Å²) in [5.74, 6) is 0.428. The molecule has 2 N–H and O–H groups in total. The second kappa shape index (κ2) is 7.13. The van der Waals surface area contributed by atoms with Gasteiger partial charge in [-0.25, -0.2) is 4.79 Å².